The van der Waals surface area contributed by atoms with Crippen LogP contribution in [0.4, 0.5) is 13.2 Å². The van der Waals surface area contributed by atoms with Crippen LogP contribution in [0.2, 0.25) is 5.02 Å². The molecule has 3 N–H and O–H groups in total. The Morgan fingerprint density at radius 2 is 2.03 bits per heavy atom. The SMILES string of the molecule is CC1CCCN(CCC(O)CSc2c(-c3cc(Cl)ccc3O)c3cc(C(F)(F)F)ccc3[nH]c2=O)C1. The Balaban J connectivity index is 1.69. The summed E-state index contributed by atoms with van der Waals surface area (Å²) >= 11 is 7.20. The molecule has 1 aromatic heterocycles. The van der Waals surface area contributed by atoms with Crippen LogP contribution in [0.15, 0.2) is 46.1 Å². The van der Waals surface area contributed by atoms with Gasteiger partial charge in [0.05, 0.1) is 16.6 Å². The number of hydrogen-bond donors (Lipinski definition) is 3. The third kappa shape index (κ3) is 6.19. The number of alkyl halides is 3. The minimum atomic E-state index is -4.59. The summed E-state index contributed by atoms with van der Waals surface area (Å²) in [5.74, 6) is 0.576. The highest BCUT2D eigenvalue weighted by molar-refractivity contribution is 7.99. The van der Waals surface area contributed by atoms with Gasteiger partial charge in [-0.05, 0) is 68.1 Å². The number of nitrogens with one attached hydrogen (secondary N) is 1. The number of phenols is 1. The van der Waals surface area contributed by atoms with Gasteiger partial charge < -0.3 is 20.1 Å². The molecule has 5 nitrogen and oxygen atoms in total. The van der Waals surface area contributed by atoms with E-state index in [0.29, 0.717) is 12.3 Å². The zero-order chi connectivity index (χ0) is 26.0. The smallest absolute Gasteiger partial charge is 0.416 e. The molecule has 0 radical (unpaired) electrons. The molecule has 2 aromatic carbocycles. The van der Waals surface area contributed by atoms with Crippen molar-refractivity contribution in [2.24, 2.45) is 5.92 Å². The molecule has 4 rings (SSSR count). The molecule has 0 aliphatic carbocycles. The molecule has 1 fully saturated rings. The highest BCUT2D eigenvalue weighted by Crippen LogP contribution is 2.42. The molecule has 36 heavy (non-hydrogen) atoms. The summed E-state index contributed by atoms with van der Waals surface area (Å²) in [6.07, 6.45) is -2.46. The topological polar surface area (TPSA) is 76.6 Å². The Kier molecular flexibility index (Phi) is 8.24. The number of halogens is 4. The van der Waals surface area contributed by atoms with Gasteiger partial charge in [-0.3, -0.25) is 4.79 Å². The number of pyridine rings is 1. The van der Waals surface area contributed by atoms with Crippen LogP contribution in [-0.2, 0) is 6.18 Å². The maximum Gasteiger partial charge on any atom is 0.416 e. The fourth-order valence-electron chi connectivity index (χ4n) is 4.65. The molecule has 0 bridgehead atoms. The quantitative estimate of drug-likeness (QED) is 0.313. The van der Waals surface area contributed by atoms with Crippen LogP contribution in [0.1, 0.15) is 31.7 Å². The van der Waals surface area contributed by atoms with Crippen LogP contribution in [0.5, 0.6) is 5.75 Å². The van der Waals surface area contributed by atoms with Crippen molar-refractivity contribution in [2.45, 2.75) is 43.4 Å². The summed E-state index contributed by atoms with van der Waals surface area (Å²) < 4.78 is 40.5. The Hall–Kier alpha value is -2.20. The van der Waals surface area contributed by atoms with Crippen LogP contribution in [-0.4, -0.2) is 51.6 Å². The number of aliphatic hydroxyl groups is 1. The summed E-state index contributed by atoms with van der Waals surface area (Å²) in [5.41, 5.74) is -0.888. The lowest BCUT2D eigenvalue weighted by atomic mass is 9.98. The van der Waals surface area contributed by atoms with Crippen molar-refractivity contribution >= 4 is 34.3 Å². The minimum absolute atomic E-state index is 0.116. The number of benzene rings is 2. The number of aromatic amines is 1. The van der Waals surface area contributed by atoms with Crippen molar-refractivity contribution in [1.82, 2.24) is 9.88 Å². The molecule has 1 aliphatic heterocycles. The Labute approximate surface area is 216 Å². The first kappa shape index (κ1) is 26.9. The van der Waals surface area contributed by atoms with Gasteiger partial charge in [0.1, 0.15) is 5.75 Å². The lowest BCUT2D eigenvalue weighted by Gasteiger charge is -2.31. The number of nitrogens with zero attached hydrogens (tertiary/aromatic N) is 1. The third-order valence-corrected chi connectivity index (χ3v) is 7.93. The summed E-state index contributed by atoms with van der Waals surface area (Å²) in [7, 11) is 0. The van der Waals surface area contributed by atoms with Gasteiger partial charge in [-0.25, -0.2) is 0 Å². The van der Waals surface area contributed by atoms with E-state index < -0.39 is 23.4 Å². The first-order chi connectivity index (χ1) is 17.0. The third-order valence-electron chi connectivity index (χ3n) is 6.47. The maximum absolute atomic E-state index is 13.5. The van der Waals surface area contributed by atoms with Gasteiger partial charge >= 0.3 is 6.18 Å². The van der Waals surface area contributed by atoms with Gasteiger partial charge in [0.2, 0.25) is 0 Å². The number of rotatable bonds is 7. The molecule has 10 heteroatoms. The fourth-order valence-corrected chi connectivity index (χ4v) is 5.89. The van der Waals surface area contributed by atoms with Crippen molar-refractivity contribution in [3.05, 3.63) is 57.3 Å². The first-order valence-electron chi connectivity index (χ1n) is 11.8. The minimum Gasteiger partial charge on any atom is -0.507 e. The van der Waals surface area contributed by atoms with Crippen molar-refractivity contribution in [3.8, 4) is 16.9 Å². The molecule has 2 heterocycles. The van der Waals surface area contributed by atoms with E-state index >= 15 is 0 Å². The van der Waals surface area contributed by atoms with E-state index in [-0.39, 0.29) is 43.5 Å². The monoisotopic (exact) mass is 540 g/mol. The number of hydrogen-bond acceptors (Lipinski definition) is 5. The lowest BCUT2D eigenvalue weighted by Crippen LogP contribution is -2.36. The van der Waals surface area contributed by atoms with Crippen molar-refractivity contribution in [1.29, 1.82) is 0 Å². The molecule has 3 aromatic rings. The van der Waals surface area contributed by atoms with Gasteiger partial charge in [-0.2, -0.15) is 13.2 Å². The van der Waals surface area contributed by atoms with Gasteiger partial charge in [0, 0.05) is 45.9 Å². The van der Waals surface area contributed by atoms with Gasteiger partial charge in [-0.15, -0.1) is 11.8 Å². The number of phenolic OH excluding ortho intramolecular Hbond substituents is 1. The van der Waals surface area contributed by atoms with E-state index in [1.807, 2.05) is 0 Å². The van der Waals surface area contributed by atoms with Crippen LogP contribution in [0.25, 0.3) is 22.0 Å². The number of H-pyrrole nitrogens is 1. The number of aliphatic hydroxyl groups excluding tert-OH is 1. The van der Waals surface area contributed by atoms with E-state index in [2.05, 4.69) is 16.8 Å². The number of thioether (sulfide) groups is 1. The number of fused-ring (bicyclic) bond motifs is 1. The average molecular weight is 541 g/mol. The van der Waals surface area contributed by atoms with E-state index in [1.54, 1.807) is 0 Å². The molecule has 2 unspecified atom stereocenters. The highest BCUT2D eigenvalue weighted by atomic mass is 35.5. The van der Waals surface area contributed by atoms with Crippen molar-refractivity contribution in [2.75, 3.05) is 25.4 Å². The van der Waals surface area contributed by atoms with E-state index in [1.165, 1.54) is 30.7 Å². The van der Waals surface area contributed by atoms with E-state index in [0.717, 1.165) is 49.9 Å². The molecule has 1 aliphatic rings. The normalized spacial score (nSPS) is 18.0. The standard InChI is InChI=1S/C26H28ClF3N2O3S/c1-15-3-2-9-32(13-15)10-8-18(33)14-36-24-23(20-12-17(27)5-7-22(20)34)19-11-16(26(28,29)30)4-6-21(19)31-25(24)35/h4-7,11-12,15,18,33-34H,2-3,8-10,13-14H2,1H3,(H,31,35). The van der Waals surface area contributed by atoms with Crippen molar-refractivity contribution < 1.29 is 23.4 Å². The second kappa shape index (κ2) is 11.0. The van der Waals surface area contributed by atoms with Gasteiger partial charge in [-0.1, -0.05) is 18.5 Å². The zero-order valence-corrected chi connectivity index (χ0v) is 21.3. The van der Waals surface area contributed by atoms with Gasteiger partial charge in [0.15, 0.2) is 0 Å². The van der Waals surface area contributed by atoms with E-state index in [4.69, 9.17) is 11.6 Å². The fraction of sp³-hybridized carbons (Fsp3) is 0.423. The lowest BCUT2D eigenvalue weighted by molar-refractivity contribution is -0.137. The average Bonchev–Trinajstić information content (AvgIpc) is 2.82. The summed E-state index contributed by atoms with van der Waals surface area (Å²) in [6.45, 7) is 4.93. The molecule has 2 atom stereocenters. The zero-order valence-electron chi connectivity index (χ0n) is 19.7. The Morgan fingerprint density at radius 1 is 1.25 bits per heavy atom. The van der Waals surface area contributed by atoms with Crippen LogP contribution >= 0.6 is 23.4 Å². The Morgan fingerprint density at radius 3 is 2.75 bits per heavy atom. The molecule has 0 amide bonds. The number of likely N-dealkylation sites (tertiary alicyclic amines) is 1. The van der Waals surface area contributed by atoms with Crippen LogP contribution in [0.3, 0.4) is 0 Å². The predicted octanol–water partition coefficient (Wildman–Crippen LogP) is 6.15. The predicted molar refractivity (Wildman–Crippen MR) is 138 cm³/mol. The second-order valence-corrected chi connectivity index (χ2v) is 10.8. The summed E-state index contributed by atoms with van der Waals surface area (Å²) in [6, 6.07) is 7.27. The molecule has 0 spiro atoms. The Bertz CT molecular complexity index is 1300. The van der Waals surface area contributed by atoms with Crippen molar-refractivity contribution in [3.63, 3.8) is 0 Å². The summed E-state index contributed by atoms with van der Waals surface area (Å²) in [5, 5.41) is 21.6. The number of piperidine rings is 1. The largest absolute Gasteiger partial charge is 0.507 e. The molecular weight excluding hydrogens is 513 g/mol. The van der Waals surface area contributed by atoms with Crippen LogP contribution in [0, 0.1) is 5.92 Å². The molecule has 1 saturated heterocycles. The number of aromatic nitrogens is 1. The second-order valence-electron chi connectivity index (χ2n) is 9.38. The van der Waals surface area contributed by atoms with E-state index in [9.17, 15) is 28.2 Å². The maximum atomic E-state index is 13.5. The van der Waals surface area contributed by atoms with Gasteiger partial charge in [0.25, 0.3) is 5.56 Å². The summed E-state index contributed by atoms with van der Waals surface area (Å²) in [4.78, 5) is 18.1. The molecule has 0 saturated carbocycles. The molecular formula is C26H28ClF3N2O3S. The highest BCUT2D eigenvalue weighted by Gasteiger charge is 2.31. The first-order valence-corrected chi connectivity index (χ1v) is 13.2. The number of aromatic hydroxyl groups is 1. The van der Waals surface area contributed by atoms with Crippen LogP contribution < -0.4 is 5.56 Å². The molecule has 194 valence electrons.